The summed E-state index contributed by atoms with van der Waals surface area (Å²) in [7, 11) is 3.65. The Labute approximate surface area is 194 Å². The summed E-state index contributed by atoms with van der Waals surface area (Å²) in [6.07, 6.45) is 5.91. The van der Waals surface area contributed by atoms with Gasteiger partial charge in [-0.2, -0.15) is 0 Å². The number of carbonyl (C=O) groups is 1. The minimum Gasteiger partial charge on any atom is -0.354 e. The van der Waals surface area contributed by atoms with Gasteiger partial charge in [-0.15, -0.1) is 10.2 Å². The SMILES string of the molecule is CC(C)c1c(-c2ccn3cnnc3c2)[nH]c2ccc(C3CCN(CC(=O)N(C)C)CC3)cc12. The van der Waals surface area contributed by atoms with Crippen molar-refractivity contribution in [3.63, 3.8) is 0 Å². The lowest BCUT2D eigenvalue weighted by Gasteiger charge is -2.32. The van der Waals surface area contributed by atoms with E-state index in [1.54, 1.807) is 11.2 Å². The molecule has 1 amide bonds. The number of H-pyrrole nitrogens is 1. The van der Waals surface area contributed by atoms with Gasteiger partial charge in [0.1, 0.15) is 6.33 Å². The van der Waals surface area contributed by atoms with Crippen LogP contribution in [0.25, 0.3) is 27.8 Å². The quantitative estimate of drug-likeness (QED) is 0.499. The van der Waals surface area contributed by atoms with Crippen molar-refractivity contribution in [2.24, 2.45) is 0 Å². The number of pyridine rings is 1. The third-order valence-corrected chi connectivity index (χ3v) is 6.95. The molecule has 0 spiro atoms. The van der Waals surface area contributed by atoms with Crippen LogP contribution in [-0.4, -0.2) is 69.0 Å². The average molecular weight is 445 g/mol. The summed E-state index contributed by atoms with van der Waals surface area (Å²) in [4.78, 5) is 19.7. The smallest absolute Gasteiger partial charge is 0.236 e. The van der Waals surface area contributed by atoms with Crippen LogP contribution in [0, 0.1) is 0 Å². The first-order valence-corrected chi connectivity index (χ1v) is 11.8. The second-order valence-electron chi connectivity index (χ2n) is 9.72. The second kappa shape index (κ2) is 8.63. The maximum absolute atomic E-state index is 12.1. The van der Waals surface area contributed by atoms with Gasteiger partial charge in [-0.25, -0.2) is 0 Å². The number of likely N-dealkylation sites (N-methyl/N-ethyl adjacent to an activating group) is 1. The molecule has 1 aliphatic rings. The third kappa shape index (κ3) is 4.13. The number of nitrogens with zero attached hydrogens (tertiary/aromatic N) is 5. The predicted molar refractivity (Wildman–Crippen MR) is 131 cm³/mol. The van der Waals surface area contributed by atoms with Gasteiger partial charge in [-0.05, 0) is 73.2 Å². The first-order chi connectivity index (χ1) is 15.9. The molecule has 1 aromatic carbocycles. The minimum absolute atomic E-state index is 0.181. The van der Waals surface area contributed by atoms with Gasteiger partial charge in [0.15, 0.2) is 5.65 Å². The van der Waals surface area contributed by atoms with Crippen LogP contribution >= 0.6 is 0 Å². The molecule has 1 aliphatic heterocycles. The van der Waals surface area contributed by atoms with E-state index < -0.39 is 0 Å². The van der Waals surface area contributed by atoms with Crippen LogP contribution in [0.3, 0.4) is 0 Å². The Morgan fingerprint density at radius 3 is 2.70 bits per heavy atom. The standard InChI is InChI=1S/C26H32N6O/c1-17(2)25-21-13-19(18-7-10-31(11-8-18)15-24(33)30(3)4)5-6-22(21)28-26(25)20-9-12-32-16-27-29-23(32)14-20/h5-6,9,12-14,16-18,28H,7-8,10-11,15H2,1-4H3. The van der Waals surface area contributed by atoms with Crippen LogP contribution in [0.1, 0.15) is 49.7 Å². The number of nitrogens with one attached hydrogen (secondary N) is 1. The van der Waals surface area contributed by atoms with Crippen molar-refractivity contribution < 1.29 is 4.79 Å². The van der Waals surface area contributed by atoms with Crippen molar-refractivity contribution in [3.8, 4) is 11.3 Å². The highest BCUT2D eigenvalue weighted by atomic mass is 16.2. The maximum Gasteiger partial charge on any atom is 0.236 e. The number of carbonyl (C=O) groups excluding carboxylic acids is 1. The van der Waals surface area contributed by atoms with Gasteiger partial charge < -0.3 is 9.88 Å². The highest BCUT2D eigenvalue weighted by Crippen LogP contribution is 2.38. The summed E-state index contributed by atoms with van der Waals surface area (Å²) in [6, 6.07) is 11.1. The number of fused-ring (bicyclic) bond motifs is 2. The lowest BCUT2D eigenvalue weighted by Crippen LogP contribution is -2.40. The molecule has 0 saturated carbocycles. The van der Waals surface area contributed by atoms with Crippen molar-refractivity contribution in [2.45, 2.75) is 38.5 Å². The Balaban J connectivity index is 1.43. The van der Waals surface area contributed by atoms with Crippen LogP contribution in [0.4, 0.5) is 0 Å². The molecule has 172 valence electrons. The molecule has 0 bridgehead atoms. The number of rotatable bonds is 5. The molecule has 7 heteroatoms. The van der Waals surface area contributed by atoms with Gasteiger partial charge in [0.2, 0.25) is 5.91 Å². The molecular formula is C26H32N6O. The van der Waals surface area contributed by atoms with E-state index in [0.29, 0.717) is 18.4 Å². The number of amides is 1. The fraction of sp³-hybridized carbons (Fsp3) is 0.423. The second-order valence-corrected chi connectivity index (χ2v) is 9.72. The Bertz CT molecular complexity index is 1290. The molecule has 1 fully saturated rings. The molecule has 0 unspecified atom stereocenters. The monoisotopic (exact) mass is 444 g/mol. The molecule has 3 aromatic heterocycles. The average Bonchev–Trinajstić information content (AvgIpc) is 3.43. The van der Waals surface area contributed by atoms with E-state index in [4.69, 9.17) is 0 Å². The van der Waals surface area contributed by atoms with Gasteiger partial charge in [-0.3, -0.25) is 14.1 Å². The number of benzene rings is 1. The summed E-state index contributed by atoms with van der Waals surface area (Å²) >= 11 is 0. The maximum atomic E-state index is 12.1. The predicted octanol–water partition coefficient (Wildman–Crippen LogP) is 4.27. The van der Waals surface area contributed by atoms with Crippen LogP contribution in [0.15, 0.2) is 42.9 Å². The van der Waals surface area contributed by atoms with Gasteiger partial charge in [0.25, 0.3) is 0 Å². The lowest BCUT2D eigenvalue weighted by molar-refractivity contribution is -0.130. The van der Waals surface area contributed by atoms with Crippen LogP contribution < -0.4 is 0 Å². The fourth-order valence-corrected chi connectivity index (χ4v) is 5.04. The first kappa shape index (κ1) is 21.6. The number of aromatic nitrogens is 4. The molecule has 4 aromatic rings. The summed E-state index contributed by atoms with van der Waals surface area (Å²) in [6.45, 7) is 6.98. The summed E-state index contributed by atoms with van der Waals surface area (Å²) in [5, 5.41) is 9.53. The Morgan fingerprint density at radius 2 is 1.97 bits per heavy atom. The topological polar surface area (TPSA) is 69.5 Å². The molecule has 4 heterocycles. The third-order valence-electron chi connectivity index (χ3n) is 6.95. The molecule has 5 rings (SSSR count). The normalized spacial score (nSPS) is 15.7. The molecule has 7 nitrogen and oxygen atoms in total. The zero-order valence-corrected chi connectivity index (χ0v) is 19.9. The zero-order valence-electron chi connectivity index (χ0n) is 19.9. The van der Waals surface area contributed by atoms with Crippen molar-refractivity contribution in [3.05, 3.63) is 54.0 Å². The molecule has 33 heavy (non-hydrogen) atoms. The highest BCUT2D eigenvalue weighted by Gasteiger charge is 2.24. The molecule has 0 aliphatic carbocycles. The van der Waals surface area contributed by atoms with Crippen LogP contribution in [0.2, 0.25) is 0 Å². The molecule has 1 N–H and O–H groups in total. The number of hydrogen-bond donors (Lipinski definition) is 1. The van der Waals surface area contributed by atoms with E-state index >= 15 is 0 Å². The van der Waals surface area contributed by atoms with Crippen LogP contribution in [-0.2, 0) is 4.79 Å². The van der Waals surface area contributed by atoms with Crippen molar-refractivity contribution in [1.82, 2.24) is 29.4 Å². The van der Waals surface area contributed by atoms with E-state index in [2.05, 4.69) is 64.3 Å². The fourth-order valence-electron chi connectivity index (χ4n) is 5.04. The molecule has 0 radical (unpaired) electrons. The zero-order chi connectivity index (χ0) is 23.1. The Kier molecular flexibility index (Phi) is 5.66. The summed E-state index contributed by atoms with van der Waals surface area (Å²) < 4.78 is 1.93. The van der Waals surface area contributed by atoms with Crippen molar-refractivity contribution >= 4 is 22.5 Å². The number of piperidine rings is 1. The molecule has 0 atom stereocenters. The number of likely N-dealkylation sites (tertiary alicyclic amines) is 1. The lowest BCUT2D eigenvalue weighted by atomic mass is 9.87. The Hall–Kier alpha value is -3.19. The van der Waals surface area contributed by atoms with Crippen molar-refractivity contribution in [2.75, 3.05) is 33.7 Å². The largest absolute Gasteiger partial charge is 0.354 e. The summed E-state index contributed by atoms with van der Waals surface area (Å²) in [5.74, 6) is 1.10. The van der Waals surface area contributed by atoms with Gasteiger partial charge in [0, 0.05) is 36.8 Å². The van der Waals surface area contributed by atoms with Crippen molar-refractivity contribution in [1.29, 1.82) is 0 Å². The van der Waals surface area contributed by atoms with E-state index in [-0.39, 0.29) is 5.91 Å². The number of hydrogen-bond acceptors (Lipinski definition) is 4. The Morgan fingerprint density at radius 1 is 1.18 bits per heavy atom. The highest BCUT2D eigenvalue weighted by molar-refractivity contribution is 5.92. The van der Waals surface area contributed by atoms with E-state index in [9.17, 15) is 4.79 Å². The van der Waals surface area contributed by atoms with Gasteiger partial charge >= 0.3 is 0 Å². The van der Waals surface area contributed by atoms with Gasteiger partial charge in [0.05, 0.1) is 12.2 Å². The molecule has 1 saturated heterocycles. The van der Waals surface area contributed by atoms with Crippen LogP contribution in [0.5, 0.6) is 0 Å². The van der Waals surface area contributed by atoms with E-state index in [1.807, 2.05) is 24.7 Å². The first-order valence-electron chi connectivity index (χ1n) is 11.8. The molecular weight excluding hydrogens is 412 g/mol. The minimum atomic E-state index is 0.181. The summed E-state index contributed by atoms with van der Waals surface area (Å²) in [5.41, 5.74) is 7.08. The van der Waals surface area contributed by atoms with E-state index in [1.165, 1.54) is 27.7 Å². The van der Waals surface area contributed by atoms with Gasteiger partial charge in [-0.1, -0.05) is 19.9 Å². The number of aromatic amines is 1. The van der Waals surface area contributed by atoms with E-state index in [0.717, 1.165) is 37.1 Å².